The number of rotatable bonds is 8. The summed E-state index contributed by atoms with van der Waals surface area (Å²) in [5.41, 5.74) is -3.06. The van der Waals surface area contributed by atoms with E-state index in [2.05, 4.69) is 5.32 Å². The van der Waals surface area contributed by atoms with Crippen LogP contribution in [0.1, 0.15) is 41.5 Å². The van der Waals surface area contributed by atoms with Crippen molar-refractivity contribution in [1.82, 2.24) is 0 Å². The fourth-order valence-electron chi connectivity index (χ4n) is 4.09. The van der Waals surface area contributed by atoms with Crippen LogP contribution in [0.2, 0.25) is 0 Å². The third-order valence-corrected chi connectivity index (χ3v) is 5.83. The van der Waals surface area contributed by atoms with Crippen molar-refractivity contribution in [2.45, 2.75) is 37.5 Å². The average Bonchev–Trinajstić information content (AvgIpc) is 2.84. The third-order valence-electron chi connectivity index (χ3n) is 5.83. The number of amides is 1. The average molecular weight is 500 g/mol. The molecule has 3 aromatic carbocycles. The second-order valence-corrected chi connectivity index (χ2v) is 8.51. The van der Waals surface area contributed by atoms with Gasteiger partial charge in [-0.15, -0.1) is 0 Å². The van der Waals surface area contributed by atoms with Gasteiger partial charge in [-0.25, -0.2) is 4.39 Å². The molecule has 5 nitrogen and oxygen atoms in total. The molecular formula is C27H24F4N2O3. The number of halogens is 4. The Labute approximate surface area is 206 Å². The van der Waals surface area contributed by atoms with Gasteiger partial charge in [0, 0.05) is 12.1 Å². The maximum Gasteiger partial charge on any atom is 0.417 e. The van der Waals surface area contributed by atoms with Crippen LogP contribution < -0.4 is 10.1 Å². The van der Waals surface area contributed by atoms with Gasteiger partial charge in [-0.2, -0.15) is 18.4 Å². The number of carbonyl (C=O) groups excluding carboxylic acids is 1. The molecule has 0 spiro atoms. The molecule has 9 heteroatoms. The van der Waals surface area contributed by atoms with Gasteiger partial charge in [-0.1, -0.05) is 37.3 Å². The second kappa shape index (κ2) is 10.8. The Hall–Kier alpha value is -3.90. The number of carbonyl (C=O) groups is 1. The maximum absolute atomic E-state index is 14.0. The largest absolute Gasteiger partial charge is 0.496 e. The van der Waals surface area contributed by atoms with E-state index in [9.17, 15) is 27.5 Å². The van der Waals surface area contributed by atoms with Crippen LogP contribution in [0.15, 0.2) is 66.7 Å². The molecule has 2 unspecified atom stereocenters. The van der Waals surface area contributed by atoms with Gasteiger partial charge in [0.05, 0.1) is 24.3 Å². The summed E-state index contributed by atoms with van der Waals surface area (Å²) in [4.78, 5) is 13.3. The fourth-order valence-corrected chi connectivity index (χ4v) is 4.09. The maximum atomic E-state index is 14.0. The lowest BCUT2D eigenvalue weighted by Crippen LogP contribution is -2.46. The van der Waals surface area contributed by atoms with Gasteiger partial charge in [0.15, 0.2) is 0 Å². The molecule has 0 radical (unpaired) electrons. The monoisotopic (exact) mass is 500 g/mol. The highest BCUT2D eigenvalue weighted by Crippen LogP contribution is 2.36. The highest BCUT2D eigenvalue weighted by molar-refractivity contribution is 5.97. The molecule has 0 aliphatic heterocycles. The van der Waals surface area contributed by atoms with E-state index in [1.165, 1.54) is 31.4 Å². The molecule has 36 heavy (non-hydrogen) atoms. The third kappa shape index (κ3) is 6.20. The molecule has 2 N–H and O–H groups in total. The molecule has 0 aliphatic rings. The lowest BCUT2D eigenvalue weighted by atomic mass is 9.82. The minimum atomic E-state index is -4.81. The molecule has 3 aromatic rings. The first kappa shape index (κ1) is 26.7. The van der Waals surface area contributed by atoms with Crippen molar-refractivity contribution in [3.8, 4) is 11.8 Å². The minimum Gasteiger partial charge on any atom is -0.496 e. The van der Waals surface area contributed by atoms with E-state index in [0.29, 0.717) is 22.9 Å². The first-order chi connectivity index (χ1) is 17.0. The summed E-state index contributed by atoms with van der Waals surface area (Å²) in [5.74, 6) is -1.66. The van der Waals surface area contributed by atoms with Crippen LogP contribution in [0.5, 0.6) is 5.75 Å². The van der Waals surface area contributed by atoms with Crippen LogP contribution in [0.4, 0.5) is 23.2 Å². The number of alkyl halides is 3. The summed E-state index contributed by atoms with van der Waals surface area (Å²) < 4.78 is 59.4. The molecule has 0 aromatic heterocycles. The lowest BCUT2D eigenvalue weighted by Gasteiger charge is -2.30. The normalized spacial score (nSPS) is 13.8. The van der Waals surface area contributed by atoms with Crippen LogP contribution in [0.25, 0.3) is 0 Å². The Morgan fingerprint density at radius 2 is 1.81 bits per heavy atom. The van der Waals surface area contributed by atoms with Crippen molar-refractivity contribution in [1.29, 1.82) is 5.26 Å². The predicted molar refractivity (Wildman–Crippen MR) is 126 cm³/mol. The number of hydrogen-bond acceptors (Lipinski definition) is 4. The first-order valence-electron chi connectivity index (χ1n) is 11.0. The van der Waals surface area contributed by atoms with Crippen LogP contribution in [0, 0.1) is 17.1 Å². The van der Waals surface area contributed by atoms with Crippen molar-refractivity contribution in [3.05, 3.63) is 94.8 Å². The molecule has 0 aliphatic carbocycles. The van der Waals surface area contributed by atoms with Crippen molar-refractivity contribution < 1.29 is 32.2 Å². The molecule has 0 fully saturated rings. The summed E-state index contributed by atoms with van der Waals surface area (Å²) in [7, 11) is 1.41. The quantitative estimate of drug-likeness (QED) is 0.381. The Balaban J connectivity index is 1.97. The summed E-state index contributed by atoms with van der Waals surface area (Å²) >= 11 is 0. The molecule has 2 atom stereocenters. The van der Waals surface area contributed by atoms with E-state index in [4.69, 9.17) is 10.00 Å². The minimum absolute atomic E-state index is 0.149. The zero-order valence-electron chi connectivity index (χ0n) is 19.6. The molecular weight excluding hydrogens is 476 g/mol. The summed E-state index contributed by atoms with van der Waals surface area (Å²) in [6, 6.07) is 16.8. The van der Waals surface area contributed by atoms with Gasteiger partial charge >= 0.3 is 6.18 Å². The van der Waals surface area contributed by atoms with E-state index in [1.807, 2.05) is 0 Å². The highest BCUT2D eigenvalue weighted by atomic mass is 19.4. The van der Waals surface area contributed by atoms with Crippen LogP contribution in [-0.2, 0) is 17.4 Å². The number of ether oxygens (including phenoxy) is 1. The smallest absolute Gasteiger partial charge is 0.417 e. The topological polar surface area (TPSA) is 82.3 Å². The van der Waals surface area contributed by atoms with E-state index in [0.717, 1.165) is 12.1 Å². The Bertz CT molecular complexity index is 1270. The number of nitrogens with zero attached hydrogens (tertiary/aromatic N) is 1. The summed E-state index contributed by atoms with van der Waals surface area (Å²) in [6.07, 6.45) is -5.14. The number of hydrogen-bond donors (Lipinski definition) is 2. The number of aliphatic hydroxyl groups is 1. The van der Waals surface area contributed by atoms with Gasteiger partial charge in [0.1, 0.15) is 17.2 Å². The first-order valence-corrected chi connectivity index (χ1v) is 11.0. The molecule has 0 bridgehead atoms. The summed E-state index contributed by atoms with van der Waals surface area (Å²) in [5, 5.41) is 22.9. The lowest BCUT2D eigenvalue weighted by molar-refractivity contribution is -0.138. The number of nitrogens with one attached hydrogen (secondary N) is 1. The van der Waals surface area contributed by atoms with E-state index >= 15 is 0 Å². The SMILES string of the molecule is COc1ccc(F)cc1C(C)CC(O)(Cc1ccccc1)C(=O)Nc1ccc(C#N)c(C(F)(F)F)c1. The molecule has 0 saturated carbocycles. The van der Waals surface area contributed by atoms with Crippen LogP contribution >= 0.6 is 0 Å². The number of anilines is 1. The Morgan fingerprint density at radius 1 is 1.11 bits per heavy atom. The van der Waals surface area contributed by atoms with Crippen molar-refractivity contribution in [2.24, 2.45) is 0 Å². The Kier molecular flexibility index (Phi) is 8.00. The zero-order chi connectivity index (χ0) is 26.5. The second-order valence-electron chi connectivity index (χ2n) is 8.51. The number of nitriles is 1. The van der Waals surface area contributed by atoms with Crippen molar-refractivity contribution in [3.63, 3.8) is 0 Å². The number of benzene rings is 3. The van der Waals surface area contributed by atoms with E-state index in [1.54, 1.807) is 37.3 Å². The predicted octanol–water partition coefficient (Wildman–Crippen LogP) is 5.83. The van der Waals surface area contributed by atoms with Crippen LogP contribution in [0.3, 0.4) is 0 Å². The highest BCUT2D eigenvalue weighted by Gasteiger charge is 2.39. The Morgan fingerprint density at radius 3 is 2.42 bits per heavy atom. The zero-order valence-corrected chi connectivity index (χ0v) is 19.6. The summed E-state index contributed by atoms with van der Waals surface area (Å²) in [6.45, 7) is 1.68. The molecule has 0 heterocycles. The van der Waals surface area contributed by atoms with Gasteiger partial charge < -0.3 is 15.2 Å². The standard InChI is InChI=1S/C27H24F4N2O3/c1-17(22-12-20(28)9-11-24(22)36-2)14-26(35,15-18-6-4-3-5-7-18)25(34)33-21-10-8-19(16-32)23(13-21)27(29,30)31/h3-13,17,35H,14-15H2,1-2H3,(H,33,34). The number of methoxy groups -OCH3 is 1. The molecule has 0 saturated heterocycles. The fraction of sp³-hybridized carbons (Fsp3) is 0.259. The van der Waals surface area contributed by atoms with Gasteiger partial charge in [0.25, 0.3) is 5.91 Å². The van der Waals surface area contributed by atoms with Crippen LogP contribution in [-0.4, -0.2) is 23.7 Å². The van der Waals surface area contributed by atoms with Gasteiger partial charge in [-0.05, 0) is 59.9 Å². The van der Waals surface area contributed by atoms with Gasteiger partial charge in [-0.3, -0.25) is 4.79 Å². The van der Waals surface area contributed by atoms with Gasteiger partial charge in [0.2, 0.25) is 0 Å². The van der Waals surface area contributed by atoms with Crippen molar-refractivity contribution >= 4 is 11.6 Å². The van der Waals surface area contributed by atoms with Crippen molar-refractivity contribution in [2.75, 3.05) is 12.4 Å². The van der Waals surface area contributed by atoms with E-state index < -0.39 is 40.5 Å². The van der Waals surface area contributed by atoms with E-state index in [-0.39, 0.29) is 18.5 Å². The molecule has 188 valence electrons. The molecule has 1 amide bonds. The molecule has 3 rings (SSSR count).